The fraction of sp³-hybridized carbons (Fsp3) is 0.533. The molecule has 0 bridgehead atoms. The van der Waals surface area contributed by atoms with E-state index in [9.17, 15) is 0 Å². The van der Waals surface area contributed by atoms with Crippen LogP contribution in [0.4, 0.5) is 5.69 Å². The van der Waals surface area contributed by atoms with Gasteiger partial charge in [-0.05, 0) is 50.0 Å². The fourth-order valence-corrected chi connectivity index (χ4v) is 3.46. The highest BCUT2D eigenvalue weighted by molar-refractivity contribution is 7.80. The van der Waals surface area contributed by atoms with Crippen LogP contribution < -0.4 is 15.1 Å². The molecule has 1 aliphatic heterocycles. The lowest BCUT2D eigenvalue weighted by molar-refractivity contribution is -0.929. The Balaban J connectivity index is 1.72. The van der Waals surface area contributed by atoms with Crippen molar-refractivity contribution in [2.24, 2.45) is 0 Å². The first-order valence-electron chi connectivity index (χ1n) is 7.29. The normalized spacial score (nSPS) is 25.2. The molecule has 0 aromatic heterocycles. The minimum atomic E-state index is 0.801. The van der Waals surface area contributed by atoms with Gasteiger partial charge in [-0.3, -0.25) is 9.80 Å². The summed E-state index contributed by atoms with van der Waals surface area (Å²) in [5.74, 6) is 0. The number of hydrogen-bond donors (Lipinski definition) is 2. The van der Waals surface area contributed by atoms with Crippen LogP contribution in [0, 0.1) is 0 Å². The summed E-state index contributed by atoms with van der Waals surface area (Å²) in [7, 11) is 0. The third kappa shape index (κ3) is 2.90. The van der Waals surface area contributed by atoms with E-state index in [0.717, 1.165) is 24.5 Å². The maximum absolute atomic E-state index is 5.46. The van der Waals surface area contributed by atoms with Gasteiger partial charge in [0.1, 0.15) is 0 Å². The fourth-order valence-electron chi connectivity index (χ4n) is 3.22. The van der Waals surface area contributed by atoms with Crippen LogP contribution in [-0.2, 0) is 0 Å². The first-order valence-corrected chi connectivity index (χ1v) is 7.70. The van der Waals surface area contributed by atoms with Crippen LogP contribution in [0.15, 0.2) is 30.3 Å². The quantitative estimate of drug-likeness (QED) is 0.799. The van der Waals surface area contributed by atoms with Crippen molar-refractivity contribution < 1.29 is 4.90 Å². The molecular formula is C15H22N3S+. The molecule has 1 aliphatic carbocycles. The van der Waals surface area contributed by atoms with Gasteiger partial charge >= 0.3 is 0 Å². The first-order chi connectivity index (χ1) is 9.34. The number of nitrogens with one attached hydrogen (secondary N) is 2. The lowest BCUT2D eigenvalue weighted by atomic mass is 9.94. The van der Waals surface area contributed by atoms with Gasteiger partial charge in [0.2, 0.25) is 0 Å². The van der Waals surface area contributed by atoms with E-state index < -0.39 is 0 Å². The number of rotatable bonds is 2. The highest BCUT2D eigenvalue weighted by atomic mass is 32.1. The zero-order valence-corrected chi connectivity index (χ0v) is 12.1. The van der Waals surface area contributed by atoms with Gasteiger partial charge in [0.25, 0.3) is 0 Å². The van der Waals surface area contributed by atoms with Gasteiger partial charge in [-0.25, -0.2) is 0 Å². The largest absolute Gasteiger partial charge is 0.315 e. The van der Waals surface area contributed by atoms with Gasteiger partial charge in [-0.2, -0.15) is 0 Å². The van der Waals surface area contributed by atoms with E-state index in [1.807, 2.05) is 0 Å². The summed E-state index contributed by atoms with van der Waals surface area (Å²) in [6.45, 7) is 1.98. The lowest BCUT2D eigenvalue weighted by Crippen LogP contribution is -3.20. The third-order valence-electron chi connectivity index (χ3n) is 4.32. The number of thiocarbonyl (C=S) groups is 1. The highest BCUT2D eigenvalue weighted by Crippen LogP contribution is 2.17. The smallest absolute Gasteiger partial charge is 0.182 e. The summed E-state index contributed by atoms with van der Waals surface area (Å²) >= 11 is 5.46. The Kier molecular flexibility index (Phi) is 3.99. The van der Waals surface area contributed by atoms with Crippen molar-refractivity contribution in [1.82, 2.24) is 5.32 Å². The molecule has 1 unspecified atom stereocenters. The molecule has 2 aliphatic rings. The standard InChI is InChI=1S/C15H21N3S/c19-15-16-11-17(13-7-3-1-4-8-13)12-18(15)14-9-5-2-6-10-14/h2,5-6,9-10,13H,1,3-4,7-8,11-12H2,(H,16,19)/p+1. The second kappa shape index (κ2) is 5.88. The summed E-state index contributed by atoms with van der Waals surface area (Å²) in [6, 6.07) is 11.3. The van der Waals surface area contributed by atoms with Crippen LogP contribution in [0.1, 0.15) is 32.1 Å². The molecule has 1 aromatic carbocycles. The predicted octanol–water partition coefficient (Wildman–Crippen LogP) is 1.51. The SMILES string of the molecule is S=C1NC[NH+](C2CCCCC2)CN1c1ccccc1. The molecule has 1 saturated heterocycles. The molecular weight excluding hydrogens is 254 g/mol. The number of benzene rings is 1. The minimum Gasteiger partial charge on any atom is -0.315 e. The van der Waals surface area contributed by atoms with Crippen LogP contribution in [-0.4, -0.2) is 24.5 Å². The average molecular weight is 276 g/mol. The summed E-state index contributed by atoms with van der Waals surface area (Å²) in [6.07, 6.45) is 6.94. The molecule has 0 radical (unpaired) electrons. The van der Waals surface area contributed by atoms with E-state index in [0.29, 0.717) is 0 Å². The zero-order valence-electron chi connectivity index (χ0n) is 11.3. The van der Waals surface area contributed by atoms with Crippen molar-refractivity contribution in [3.8, 4) is 0 Å². The van der Waals surface area contributed by atoms with Gasteiger partial charge in [0.05, 0.1) is 6.04 Å². The molecule has 4 heteroatoms. The lowest BCUT2D eigenvalue weighted by Gasteiger charge is -2.40. The molecule has 0 spiro atoms. The van der Waals surface area contributed by atoms with Crippen LogP contribution in [0.25, 0.3) is 0 Å². The zero-order chi connectivity index (χ0) is 13.1. The van der Waals surface area contributed by atoms with Crippen LogP contribution in [0.2, 0.25) is 0 Å². The van der Waals surface area contributed by atoms with Gasteiger partial charge in [0.15, 0.2) is 18.4 Å². The summed E-state index contributed by atoms with van der Waals surface area (Å²) in [5, 5.41) is 4.26. The van der Waals surface area contributed by atoms with Gasteiger partial charge < -0.3 is 5.32 Å². The molecule has 2 fully saturated rings. The van der Waals surface area contributed by atoms with Crippen LogP contribution in [0.5, 0.6) is 0 Å². The number of quaternary nitrogens is 1. The number of anilines is 1. The molecule has 3 rings (SSSR count). The Morgan fingerprint density at radius 2 is 1.84 bits per heavy atom. The molecule has 3 nitrogen and oxygen atoms in total. The van der Waals surface area contributed by atoms with Gasteiger partial charge in [-0.1, -0.05) is 24.6 Å². The van der Waals surface area contributed by atoms with Gasteiger partial charge in [-0.15, -0.1) is 0 Å². The number of nitrogens with zero attached hydrogens (tertiary/aromatic N) is 1. The second-order valence-corrected chi connectivity index (χ2v) is 5.96. The van der Waals surface area contributed by atoms with E-state index in [1.165, 1.54) is 37.8 Å². The number of hydrogen-bond acceptors (Lipinski definition) is 1. The average Bonchev–Trinajstić information content (AvgIpc) is 2.49. The van der Waals surface area contributed by atoms with Crippen molar-refractivity contribution in [1.29, 1.82) is 0 Å². The molecule has 1 atom stereocenters. The Hall–Kier alpha value is -1.13. The van der Waals surface area contributed by atoms with Crippen molar-refractivity contribution in [2.45, 2.75) is 38.1 Å². The topological polar surface area (TPSA) is 19.7 Å². The highest BCUT2D eigenvalue weighted by Gasteiger charge is 2.31. The Labute approximate surface area is 120 Å². The van der Waals surface area contributed by atoms with E-state index in [2.05, 4.69) is 40.5 Å². The molecule has 1 saturated carbocycles. The molecule has 1 heterocycles. The van der Waals surface area contributed by atoms with Crippen molar-refractivity contribution in [3.63, 3.8) is 0 Å². The van der Waals surface area contributed by atoms with Crippen LogP contribution >= 0.6 is 12.2 Å². The summed E-state index contributed by atoms with van der Waals surface area (Å²) in [4.78, 5) is 3.88. The Bertz CT molecular complexity index is 428. The van der Waals surface area contributed by atoms with Crippen molar-refractivity contribution >= 4 is 23.0 Å². The third-order valence-corrected chi connectivity index (χ3v) is 4.69. The van der Waals surface area contributed by atoms with Crippen LogP contribution in [0.3, 0.4) is 0 Å². The Morgan fingerprint density at radius 1 is 1.11 bits per heavy atom. The second-order valence-electron chi connectivity index (χ2n) is 5.57. The molecule has 19 heavy (non-hydrogen) atoms. The van der Waals surface area contributed by atoms with Crippen molar-refractivity contribution in [3.05, 3.63) is 30.3 Å². The van der Waals surface area contributed by atoms with Crippen molar-refractivity contribution in [2.75, 3.05) is 18.2 Å². The molecule has 0 amide bonds. The maximum atomic E-state index is 5.46. The van der Waals surface area contributed by atoms with Gasteiger partial charge in [0, 0.05) is 5.69 Å². The predicted molar refractivity (Wildman–Crippen MR) is 82.2 cm³/mol. The summed E-state index contributed by atoms with van der Waals surface area (Å²) < 4.78 is 0. The number of para-hydroxylation sites is 1. The molecule has 1 aromatic rings. The van der Waals surface area contributed by atoms with E-state index >= 15 is 0 Å². The van der Waals surface area contributed by atoms with E-state index in [-0.39, 0.29) is 0 Å². The minimum absolute atomic E-state index is 0.801. The first kappa shape index (κ1) is 12.9. The monoisotopic (exact) mass is 276 g/mol. The molecule has 2 N–H and O–H groups in total. The summed E-state index contributed by atoms with van der Waals surface area (Å²) in [5.41, 5.74) is 1.20. The molecule has 102 valence electrons. The van der Waals surface area contributed by atoms with E-state index in [4.69, 9.17) is 12.2 Å². The Morgan fingerprint density at radius 3 is 2.58 bits per heavy atom. The van der Waals surface area contributed by atoms with E-state index in [1.54, 1.807) is 4.90 Å². The maximum Gasteiger partial charge on any atom is 0.182 e.